The monoisotopic (exact) mass is 423 g/mol. The van der Waals surface area contributed by atoms with E-state index in [0.717, 1.165) is 42.7 Å². The van der Waals surface area contributed by atoms with Gasteiger partial charge in [0.1, 0.15) is 0 Å². The number of fused-ring (bicyclic) bond motifs is 1. The molecule has 2 aromatic rings. The molecule has 7 heteroatoms. The number of hydrogen-bond acceptors (Lipinski definition) is 4. The molecule has 0 radical (unpaired) electrons. The Morgan fingerprint density at radius 1 is 0.833 bits per heavy atom. The van der Waals surface area contributed by atoms with Crippen molar-refractivity contribution in [1.82, 2.24) is 9.21 Å². The molecule has 30 heavy (non-hydrogen) atoms. The molecule has 6 nitrogen and oxygen atoms in total. The number of rotatable bonds is 3. The fourth-order valence-electron chi connectivity index (χ4n) is 5.40. The summed E-state index contributed by atoms with van der Waals surface area (Å²) in [6.45, 7) is 3.68. The Morgan fingerprint density at radius 3 is 2.33 bits per heavy atom. The number of anilines is 1. The van der Waals surface area contributed by atoms with Crippen molar-refractivity contribution in [2.75, 3.05) is 31.1 Å². The summed E-state index contributed by atoms with van der Waals surface area (Å²) in [4.78, 5) is 16.8. The zero-order valence-corrected chi connectivity index (χ0v) is 17.7. The predicted octanol–water partition coefficient (Wildman–Crippen LogP) is 1.95. The maximum Gasteiger partial charge on any atom is 0.243 e. The molecule has 0 atom stereocenters. The molecule has 2 aromatic carbocycles. The molecule has 0 aliphatic carbocycles. The summed E-state index contributed by atoms with van der Waals surface area (Å²) >= 11 is 0. The highest BCUT2D eigenvalue weighted by Crippen LogP contribution is 2.39. The third kappa shape index (κ3) is 2.76. The smallest absolute Gasteiger partial charge is 0.243 e. The van der Waals surface area contributed by atoms with Gasteiger partial charge in [0.05, 0.1) is 10.6 Å². The van der Waals surface area contributed by atoms with Crippen LogP contribution >= 0.6 is 0 Å². The minimum absolute atomic E-state index is 0.158. The van der Waals surface area contributed by atoms with E-state index in [4.69, 9.17) is 0 Å². The maximum atomic E-state index is 13.3. The van der Waals surface area contributed by atoms with Crippen LogP contribution in [-0.4, -0.2) is 55.8 Å². The molecule has 0 N–H and O–H groups in total. The van der Waals surface area contributed by atoms with Gasteiger partial charge in [0.25, 0.3) is 0 Å². The highest BCUT2D eigenvalue weighted by Gasteiger charge is 2.41. The van der Waals surface area contributed by atoms with Gasteiger partial charge in [0.2, 0.25) is 15.9 Å². The summed E-state index contributed by atoms with van der Waals surface area (Å²) in [6.07, 6.45) is 2.88. The third-order valence-corrected chi connectivity index (χ3v) is 8.98. The summed E-state index contributed by atoms with van der Waals surface area (Å²) in [5, 5.41) is 0. The lowest BCUT2D eigenvalue weighted by Gasteiger charge is -2.46. The van der Waals surface area contributed by atoms with Gasteiger partial charge in [-0.25, -0.2) is 8.42 Å². The molecule has 1 fully saturated rings. The fraction of sp³-hybridized carbons (Fsp3) is 0.435. The molecular formula is C23H25N3O3S. The van der Waals surface area contributed by atoms with Crippen LogP contribution in [0.25, 0.3) is 0 Å². The van der Waals surface area contributed by atoms with E-state index in [0.29, 0.717) is 37.4 Å². The average molecular weight is 424 g/mol. The number of amides is 1. The highest BCUT2D eigenvalue weighted by atomic mass is 32.2. The van der Waals surface area contributed by atoms with E-state index in [1.165, 1.54) is 11.1 Å². The van der Waals surface area contributed by atoms with Gasteiger partial charge >= 0.3 is 0 Å². The zero-order valence-electron chi connectivity index (χ0n) is 16.9. The van der Waals surface area contributed by atoms with E-state index in [2.05, 4.69) is 29.2 Å². The van der Waals surface area contributed by atoms with Crippen LogP contribution in [0.15, 0.2) is 41.3 Å². The Balaban J connectivity index is 1.20. The SMILES string of the molecule is O=C1CCc2cc(S(=O)(=O)N3CC(N4CCc5ccccc5C4)C3)cc3c2N1CC3. The molecule has 0 unspecified atom stereocenters. The molecule has 4 heterocycles. The predicted molar refractivity (Wildman–Crippen MR) is 114 cm³/mol. The van der Waals surface area contributed by atoms with E-state index in [-0.39, 0.29) is 11.9 Å². The van der Waals surface area contributed by atoms with Crippen LogP contribution in [0.1, 0.15) is 28.7 Å². The summed E-state index contributed by atoms with van der Waals surface area (Å²) in [7, 11) is -3.49. The highest BCUT2D eigenvalue weighted by molar-refractivity contribution is 7.89. The molecule has 4 aliphatic rings. The number of benzene rings is 2. The molecule has 1 saturated heterocycles. The van der Waals surface area contributed by atoms with Gasteiger partial charge in [0.15, 0.2) is 0 Å². The molecule has 0 bridgehead atoms. The summed E-state index contributed by atoms with van der Waals surface area (Å²) in [5.41, 5.74) is 5.76. The van der Waals surface area contributed by atoms with Crippen LogP contribution in [0.4, 0.5) is 5.69 Å². The molecule has 0 saturated carbocycles. The minimum Gasteiger partial charge on any atom is -0.312 e. The van der Waals surface area contributed by atoms with Crippen molar-refractivity contribution in [2.45, 2.75) is 43.2 Å². The number of carbonyl (C=O) groups excluding carboxylic acids is 1. The average Bonchev–Trinajstić information content (AvgIpc) is 3.15. The normalized spacial score (nSPS) is 22.0. The van der Waals surface area contributed by atoms with Gasteiger partial charge in [-0.1, -0.05) is 24.3 Å². The lowest BCUT2D eigenvalue weighted by Crippen LogP contribution is -2.61. The molecule has 4 aliphatic heterocycles. The van der Waals surface area contributed by atoms with E-state index in [1.807, 2.05) is 11.0 Å². The fourth-order valence-corrected chi connectivity index (χ4v) is 7.01. The number of nitrogens with zero attached hydrogens (tertiary/aromatic N) is 3. The molecule has 0 spiro atoms. The number of aryl methyl sites for hydroxylation is 1. The van der Waals surface area contributed by atoms with Crippen molar-refractivity contribution in [1.29, 1.82) is 0 Å². The van der Waals surface area contributed by atoms with Crippen molar-refractivity contribution >= 4 is 21.6 Å². The van der Waals surface area contributed by atoms with Crippen LogP contribution in [0.2, 0.25) is 0 Å². The number of sulfonamides is 1. The van der Waals surface area contributed by atoms with Crippen LogP contribution < -0.4 is 4.90 Å². The van der Waals surface area contributed by atoms with Gasteiger partial charge in [-0.05, 0) is 53.6 Å². The molecular weight excluding hydrogens is 398 g/mol. The van der Waals surface area contributed by atoms with Crippen LogP contribution in [0.3, 0.4) is 0 Å². The lowest BCUT2D eigenvalue weighted by molar-refractivity contribution is -0.118. The van der Waals surface area contributed by atoms with Crippen molar-refractivity contribution < 1.29 is 13.2 Å². The quantitative estimate of drug-likeness (QED) is 0.757. The first kappa shape index (κ1) is 18.5. The van der Waals surface area contributed by atoms with E-state index >= 15 is 0 Å². The summed E-state index contributed by atoms with van der Waals surface area (Å²) < 4.78 is 28.2. The van der Waals surface area contributed by atoms with Crippen LogP contribution in [-0.2, 0) is 40.6 Å². The Bertz CT molecular complexity index is 1150. The second-order valence-electron chi connectivity index (χ2n) is 8.85. The Kier molecular flexibility index (Phi) is 4.10. The van der Waals surface area contributed by atoms with Crippen LogP contribution in [0.5, 0.6) is 0 Å². The maximum absolute atomic E-state index is 13.3. The summed E-state index contributed by atoms with van der Waals surface area (Å²) in [6, 6.07) is 12.4. The van der Waals surface area contributed by atoms with Gasteiger partial charge in [-0.15, -0.1) is 0 Å². The second kappa shape index (κ2) is 6.64. The van der Waals surface area contributed by atoms with E-state index in [9.17, 15) is 13.2 Å². The van der Waals surface area contributed by atoms with Gasteiger partial charge in [-0.2, -0.15) is 4.31 Å². The van der Waals surface area contributed by atoms with Crippen molar-refractivity contribution in [3.63, 3.8) is 0 Å². The first-order chi connectivity index (χ1) is 14.5. The van der Waals surface area contributed by atoms with Gasteiger partial charge in [-0.3, -0.25) is 9.69 Å². The lowest BCUT2D eigenvalue weighted by atomic mass is 9.97. The standard InChI is InChI=1S/C23H25N3O3S/c27-22-6-5-17-11-21(12-18-8-10-26(22)23(17)18)30(28,29)25-14-20(15-25)24-9-7-16-3-1-2-4-19(16)13-24/h1-4,11-12,20H,5-10,13-15H2. The van der Waals surface area contributed by atoms with Crippen LogP contribution in [0, 0.1) is 0 Å². The van der Waals surface area contributed by atoms with Gasteiger partial charge in [0, 0.05) is 45.2 Å². The van der Waals surface area contributed by atoms with Crippen molar-refractivity contribution in [3.8, 4) is 0 Å². The molecule has 156 valence electrons. The Hall–Kier alpha value is -2.22. The minimum atomic E-state index is -3.49. The first-order valence-electron chi connectivity index (χ1n) is 10.8. The topological polar surface area (TPSA) is 60.9 Å². The molecule has 1 amide bonds. The Labute approximate surface area is 177 Å². The second-order valence-corrected chi connectivity index (χ2v) is 10.8. The zero-order chi connectivity index (χ0) is 20.5. The largest absolute Gasteiger partial charge is 0.312 e. The Morgan fingerprint density at radius 2 is 1.53 bits per heavy atom. The van der Waals surface area contributed by atoms with Gasteiger partial charge < -0.3 is 4.90 Å². The first-order valence-corrected chi connectivity index (χ1v) is 12.2. The number of hydrogen-bond donors (Lipinski definition) is 0. The third-order valence-electron chi connectivity index (χ3n) is 7.17. The summed E-state index contributed by atoms with van der Waals surface area (Å²) in [5.74, 6) is 0.158. The molecule has 6 rings (SSSR count). The van der Waals surface area contributed by atoms with Crippen molar-refractivity contribution in [2.24, 2.45) is 0 Å². The van der Waals surface area contributed by atoms with E-state index < -0.39 is 10.0 Å². The van der Waals surface area contributed by atoms with E-state index in [1.54, 1.807) is 10.4 Å². The number of carbonyl (C=O) groups is 1. The molecule has 0 aromatic heterocycles. The van der Waals surface area contributed by atoms with Crippen molar-refractivity contribution in [3.05, 3.63) is 58.7 Å².